The lowest BCUT2D eigenvalue weighted by Crippen LogP contribution is -2.45. The third kappa shape index (κ3) is 5.73. The van der Waals surface area contributed by atoms with Gasteiger partial charge in [0.1, 0.15) is 0 Å². The maximum Gasteiger partial charge on any atom is 0.416 e. The predicted octanol–water partition coefficient (Wildman–Crippen LogP) is 2.27. The molecule has 0 bridgehead atoms. The number of alkyl halides is 3. The molecule has 1 fully saturated rings. The highest BCUT2D eigenvalue weighted by Gasteiger charge is 2.33. The number of rotatable bonds is 7. The van der Waals surface area contributed by atoms with E-state index in [1.807, 2.05) is 0 Å². The van der Waals surface area contributed by atoms with Gasteiger partial charge < -0.3 is 20.1 Å². The topological polar surface area (TPSA) is 44.7 Å². The van der Waals surface area contributed by atoms with E-state index in [9.17, 15) is 18.3 Å². The molecule has 136 valence electrons. The average molecular weight is 346 g/mol. The SMILES string of the molecule is COCC(O)CN1CCC(NCc2ccccc2C(F)(F)F)CC1. The minimum atomic E-state index is -4.32. The molecule has 1 aromatic rings. The second-order valence-corrected chi connectivity index (χ2v) is 6.22. The van der Waals surface area contributed by atoms with Gasteiger partial charge in [-0.15, -0.1) is 0 Å². The second kappa shape index (κ2) is 8.80. The summed E-state index contributed by atoms with van der Waals surface area (Å²) in [4.78, 5) is 2.16. The van der Waals surface area contributed by atoms with Crippen molar-refractivity contribution in [3.05, 3.63) is 35.4 Å². The number of aliphatic hydroxyl groups is 1. The highest BCUT2D eigenvalue weighted by atomic mass is 19.4. The first kappa shape index (κ1) is 19.2. The van der Waals surface area contributed by atoms with Crippen LogP contribution < -0.4 is 5.32 Å². The summed E-state index contributed by atoms with van der Waals surface area (Å²) in [6, 6.07) is 5.88. The molecule has 0 amide bonds. The van der Waals surface area contributed by atoms with Gasteiger partial charge in [0.25, 0.3) is 0 Å². The van der Waals surface area contributed by atoms with E-state index in [0.717, 1.165) is 32.0 Å². The molecule has 2 N–H and O–H groups in total. The third-order valence-electron chi connectivity index (χ3n) is 4.32. The lowest BCUT2D eigenvalue weighted by atomic mass is 10.0. The molecule has 7 heteroatoms. The fraction of sp³-hybridized carbons (Fsp3) is 0.647. The summed E-state index contributed by atoms with van der Waals surface area (Å²) in [5.41, 5.74) is -0.291. The zero-order chi connectivity index (χ0) is 17.6. The Morgan fingerprint density at radius 2 is 1.96 bits per heavy atom. The Hall–Kier alpha value is -1.15. The number of likely N-dealkylation sites (tertiary alicyclic amines) is 1. The van der Waals surface area contributed by atoms with Crippen LogP contribution in [0.2, 0.25) is 0 Å². The molecule has 0 radical (unpaired) electrons. The van der Waals surface area contributed by atoms with Crippen molar-refractivity contribution in [2.75, 3.05) is 33.4 Å². The molecule has 1 saturated heterocycles. The van der Waals surface area contributed by atoms with Gasteiger partial charge in [0.2, 0.25) is 0 Å². The number of methoxy groups -OCH3 is 1. The van der Waals surface area contributed by atoms with Gasteiger partial charge in [-0.3, -0.25) is 0 Å². The summed E-state index contributed by atoms with van der Waals surface area (Å²) in [5.74, 6) is 0. The first-order valence-corrected chi connectivity index (χ1v) is 8.18. The van der Waals surface area contributed by atoms with Crippen molar-refractivity contribution in [2.24, 2.45) is 0 Å². The molecule has 24 heavy (non-hydrogen) atoms. The molecule has 0 spiro atoms. The van der Waals surface area contributed by atoms with Crippen molar-refractivity contribution in [2.45, 2.75) is 37.7 Å². The number of hydrogen-bond acceptors (Lipinski definition) is 4. The normalized spacial score (nSPS) is 18.7. The highest BCUT2D eigenvalue weighted by Crippen LogP contribution is 2.31. The fourth-order valence-corrected chi connectivity index (χ4v) is 3.07. The van der Waals surface area contributed by atoms with Crippen LogP contribution >= 0.6 is 0 Å². The molecule has 1 heterocycles. The van der Waals surface area contributed by atoms with Crippen molar-refractivity contribution in [1.29, 1.82) is 0 Å². The Bertz CT molecular complexity index is 503. The molecule has 0 aromatic heterocycles. The first-order chi connectivity index (χ1) is 11.4. The molecule has 0 aliphatic carbocycles. The number of aliphatic hydroxyl groups excluding tert-OH is 1. The first-order valence-electron chi connectivity index (χ1n) is 8.18. The second-order valence-electron chi connectivity index (χ2n) is 6.22. The number of halogens is 3. The summed E-state index contributed by atoms with van der Waals surface area (Å²) >= 11 is 0. The van der Waals surface area contributed by atoms with E-state index in [4.69, 9.17) is 4.74 Å². The standard InChI is InChI=1S/C17H25F3N2O2/c1-24-12-15(23)11-22-8-6-14(7-9-22)21-10-13-4-2-3-5-16(13)17(18,19)20/h2-5,14-15,21,23H,6-12H2,1H3. The van der Waals surface area contributed by atoms with Crippen LogP contribution in [-0.4, -0.2) is 55.5 Å². The molecule has 1 aromatic carbocycles. The maximum atomic E-state index is 13.0. The monoisotopic (exact) mass is 346 g/mol. The number of piperidine rings is 1. The Balaban J connectivity index is 1.79. The van der Waals surface area contributed by atoms with Crippen LogP contribution in [0.1, 0.15) is 24.0 Å². The van der Waals surface area contributed by atoms with E-state index >= 15 is 0 Å². The molecule has 0 saturated carbocycles. The Morgan fingerprint density at radius 3 is 2.58 bits per heavy atom. The number of nitrogens with one attached hydrogen (secondary N) is 1. The van der Waals surface area contributed by atoms with Crippen LogP contribution in [0.5, 0.6) is 0 Å². The Kier molecular flexibility index (Phi) is 7.03. The van der Waals surface area contributed by atoms with Crippen LogP contribution in [0.25, 0.3) is 0 Å². The lowest BCUT2D eigenvalue weighted by Gasteiger charge is -2.33. The van der Waals surface area contributed by atoms with Gasteiger partial charge in [0, 0.05) is 26.2 Å². The quantitative estimate of drug-likeness (QED) is 0.795. The van der Waals surface area contributed by atoms with Gasteiger partial charge in [-0.25, -0.2) is 0 Å². The van der Waals surface area contributed by atoms with Crippen LogP contribution in [0, 0.1) is 0 Å². The van der Waals surface area contributed by atoms with Crippen molar-refractivity contribution in [1.82, 2.24) is 10.2 Å². The van der Waals surface area contributed by atoms with Crippen molar-refractivity contribution in [3.63, 3.8) is 0 Å². The predicted molar refractivity (Wildman–Crippen MR) is 85.6 cm³/mol. The molecule has 1 aliphatic rings. The molecule has 2 rings (SSSR count). The van der Waals surface area contributed by atoms with Gasteiger partial charge in [0.05, 0.1) is 18.3 Å². The van der Waals surface area contributed by atoms with E-state index < -0.39 is 17.8 Å². The van der Waals surface area contributed by atoms with E-state index in [1.54, 1.807) is 13.2 Å². The Morgan fingerprint density at radius 1 is 1.29 bits per heavy atom. The van der Waals surface area contributed by atoms with E-state index in [2.05, 4.69) is 10.2 Å². The zero-order valence-electron chi connectivity index (χ0n) is 13.9. The van der Waals surface area contributed by atoms with Gasteiger partial charge in [-0.1, -0.05) is 18.2 Å². The van der Waals surface area contributed by atoms with Crippen LogP contribution in [0.3, 0.4) is 0 Å². The molecular weight excluding hydrogens is 321 g/mol. The lowest BCUT2D eigenvalue weighted by molar-refractivity contribution is -0.138. The minimum absolute atomic E-state index is 0.196. The third-order valence-corrected chi connectivity index (χ3v) is 4.32. The van der Waals surface area contributed by atoms with Gasteiger partial charge >= 0.3 is 6.18 Å². The minimum Gasteiger partial charge on any atom is -0.389 e. The molecule has 1 unspecified atom stereocenters. The van der Waals surface area contributed by atoms with Crippen molar-refractivity contribution in [3.8, 4) is 0 Å². The summed E-state index contributed by atoms with van der Waals surface area (Å²) in [7, 11) is 1.55. The summed E-state index contributed by atoms with van der Waals surface area (Å²) in [6.07, 6.45) is -3.11. The molecule has 1 aliphatic heterocycles. The fourth-order valence-electron chi connectivity index (χ4n) is 3.07. The molecule has 1 atom stereocenters. The van der Waals surface area contributed by atoms with Gasteiger partial charge in [0.15, 0.2) is 0 Å². The summed E-state index contributed by atoms with van der Waals surface area (Å²) < 4.78 is 43.9. The smallest absolute Gasteiger partial charge is 0.389 e. The van der Waals surface area contributed by atoms with E-state index in [-0.39, 0.29) is 18.2 Å². The van der Waals surface area contributed by atoms with Crippen LogP contribution in [0.15, 0.2) is 24.3 Å². The van der Waals surface area contributed by atoms with E-state index in [0.29, 0.717) is 13.2 Å². The number of hydrogen-bond donors (Lipinski definition) is 2. The Labute approximate surface area is 140 Å². The van der Waals surface area contributed by atoms with Gasteiger partial charge in [-0.05, 0) is 37.6 Å². The number of β-amino-alcohol motifs (C(OH)–C–C–N with tert-alkyl or cyclic N) is 1. The molecule has 4 nitrogen and oxygen atoms in total. The van der Waals surface area contributed by atoms with Crippen LogP contribution in [-0.2, 0) is 17.5 Å². The number of ether oxygens (including phenoxy) is 1. The van der Waals surface area contributed by atoms with Crippen LogP contribution in [0.4, 0.5) is 13.2 Å². The van der Waals surface area contributed by atoms with Crippen molar-refractivity contribution < 1.29 is 23.0 Å². The summed E-state index contributed by atoms with van der Waals surface area (Å²) in [6.45, 7) is 2.73. The number of benzene rings is 1. The average Bonchev–Trinajstić information content (AvgIpc) is 2.54. The van der Waals surface area contributed by atoms with Crippen molar-refractivity contribution >= 4 is 0 Å². The number of nitrogens with zero attached hydrogens (tertiary/aromatic N) is 1. The largest absolute Gasteiger partial charge is 0.416 e. The molecular formula is C17H25F3N2O2. The van der Waals surface area contributed by atoms with Gasteiger partial charge in [-0.2, -0.15) is 13.2 Å². The maximum absolute atomic E-state index is 13.0. The summed E-state index contributed by atoms with van der Waals surface area (Å²) in [5, 5.41) is 13.0. The highest BCUT2D eigenvalue weighted by molar-refractivity contribution is 5.29. The van der Waals surface area contributed by atoms with E-state index in [1.165, 1.54) is 12.1 Å². The zero-order valence-corrected chi connectivity index (χ0v) is 13.9.